The molecule has 2 atom stereocenters. The summed E-state index contributed by atoms with van der Waals surface area (Å²) in [5.74, 6) is 1.06. The van der Waals surface area contributed by atoms with Gasteiger partial charge in [0.25, 0.3) is 0 Å². The number of hydrogen-bond donors (Lipinski definition) is 1. The van der Waals surface area contributed by atoms with Crippen LogP contribution in [0.5, 0.6) is 23.0 Å². The van der Waals surface area contributed by atoms with Gasteiger partial charge in [-0.1, -0.05) is 22.0 Å². The molecule has 9 heteroatoms. The van der Waals surface area contributed by atoms with Crippen molar-refractivity contribution in [2.45, 2.75) is 38.5 Å². The third kappa shape index (κ3) is 4.99. The molecule has 0 radical (unpaired) electrons. The number of carbonyl (C=O) groups excluding carboxylic acids is 2. The van der Waals surface area contributed by atoms with Crippen LogP contribution in [0.2, 0.25) is 0 Å². The molecular weight excluding hydrogens is 554 g/mol. The minimum absolute atomic E-state index is 0.0421. The Labute approximate surface area is 231 Å². The summed E-state index contributed by atoms with van der Waals surface area (Å²) in [7, 11) is 6.29. The summed E-state index contributed by atoms with van der Waals surface area (Å²) >= 11 is 3.65. The predicted octanol–water partition coefficient (Wildman–Crippen LogP) is 5.41. The highest BCUT2D eigenvalue weighted by Crippen LogP contribution is 2.49. The van der Waals surface area contributed by atoms with Crippen LogP contribution in [0.3, 0.4) is 0 Å². The number of allylic oxidation sites excluding steroid dienone is 3. The highest BCUT2D eigenvalue weighted by molar-refractivity contribution is 9.10. The topological polar surface area (TPSA) is 92.3 Å². The fourth-order valence-corrected chi connectivity index (χ4v) is 5.81. The van der Waals surface area contributed by atoms with Gasteiger partial charge in [-0.25, -0.2) is 4.79 Å². The average Bonchev–Trinajstić information content (AvgIpc) is 2.91. The quantitative estimate of drug-likeness (QED) is 0.411. The van der Waals surface area contributed by atoms with Crippen LogP contribution in [0.1, 0.15) is 49.7 Å². The van der Waals surface area contributed by atoms with Crippen molar-refractivity contribution in [1.82, 2.24) is 5.32 Å². The summed E-state index contributed by atoms with van der Waals surface area (Å²) in [5.41, 5.74) is 4.09. The summed E-state index contributed by atoms with van der Waals surface area (Å²) in [6.07, 6.45) is 0.873. The third-order valence-electron chi connectivity index (χ3n) is 7.02. The van der Waals surface area contributed by atoms with Crippen molar-refractivity contribution >= 4 is 27.7 Å². The Kier molecular flexibility index (Phi) is 8.35. The second-order valence-electron chi connectivity index (χ2n) is 9.08. The van der Waals surface area contributed by atoms with Crippen molar-refractivity contribution in [3.05, 3.63) is 68.5 Å². The minimum atomic E-state index is -0.640. The normalized spacial score (nSPS) is 19.0. The van der Waals surface area contributed by atoms with Gasteiger partial charge in [-0.2, -0.15) is 0 Å². The van der Waals surface area contributed by atoms with Gasteiger partial charge in [0.05, 0.1) is 40.6 Å². The fourth-order valence-electron chi connectivity index (χ4n) is 5.26. The molecular formula is C29H32BrNO7. The molecule has 0 saturated carbocycles. The number of Topliss-reactive ketones (excluding diaryl/α,β-unsaturated/α-hetero) is 1. The van der Waals surface area contributed by atoms with E-state index in [9.17, 15) is 9.59 Å². The summed E-state index contributed by atoms with van der Waals surface area (Å²) in [5, 5.41) is 3.37. The van der Waals surface area contributed by atoms with Gasteiger partial charge in [0, 0.05) is 33.8 Å². The molecule has 2 aromatic carbocycles. The molecule has 1 N–H and O–H groups in total. The van der Waals surface area contributed by atoms with Gasteiger partial charge in [0.2, 0.25) is 0 Å². The Morgan fingerprint density at radius 2 is 1.58 bits per heavy atom. The number of ketones is 1. The van der Waals surface area contributed by atoms with Crippen molar-refractivity contribution in [3.8, 4) is 23.0 Å². The van der Waals surface area contributed by atoms with Crippen LogP contribution < -0.4 is 24.3 Å². The maximum atomic E-state index is 13.9. The van der Waals surface area contributed by atoms with Gasteiger partial charge in [-0.05, 0) is 61.6 Å². The summed E-state index contributed by atoms with van der Waals surface area (Å²) in [4.78, 5) is 27.1. The van der Waals surface area contributed by atoms with Crippen LogP contribution in [0.15, 0.2) is 57.3 Å². The zero-order valence-corrected chi connectivity index (χ0v) is 24.0. The highest BCUT2D eigenvalue weighted by atomic mass is 79.9. The zero-order valence-electron chi connectivity index (χ0n) is 22.4. The first-order valence-corrected chi connectivity index (χ1v) is 13.1. The minimum Gasteiger partial charge on any atom is -0.493 e. The van der Waals surface area contributed by atoms with Crippen LogP contribution in [0.4, 0.5) is 0 Å². The lowest BCUT2D eigenvalue weighted by Crippen LogP contribution is -2.36. The van der Waals surface area contributed by atoms with E-state index >= 15 is 0 Å². The molecule has 4 rings (SSSR count). The van der Waals surface area contributed by atoms with Crippen LogP contribution >= 0.6 is 15.9 Å². The van der Waals surface area contributed by atoms with Crippen molar-refractivity contribution in [2.24, 2.45) is 0 Å². The first kappa shape index (κ1) is 27.6. The lowest BCUT2D eigenvalue weighted by atomic mass is 9.71. The number of hydrogen-bond acceptors (Lipinski definition) is 8. The van der Waals surface area contributed by atoms with Crippen molar-refractivity contribution in [2.75, 3.05) is 35.0 Å². The molecule has 0 fully saturated rings. The summed E-state index contributed by atoms with van der Waals surface area (Å²) in [6.45, 7) is 3.81. The van der Waals surface area contributed by atoms with Crippen molar-refractivity contribution in [1.29, 1.82) is 0 Å². The molecule has 1 aliphatic heterocycles. The first-order chi connectivity index (χ1) is 18.3. The Morgan fingerprint density at radius 1 is 0.947 bits per heavy atom. The smallest absolute Gasteiger partial charge is 0.336 e. The maximum absolute atomic E-state index is 13.9. The van der Waals surface area contributed by atoms with Crippen LogP contribution in [0, 0.1) is 0 Å². The molecule has 0 bridgehead atoms. The Bertz CT molecular complexity index is 1330. The summed E-state index contributed by atoms with van der Waals surface area (Å²) in [6, 6.07) is 9.32. The number of nitrogens with one attached hydrogen (secondary N) is 1. The average molecular weight is 586 g/mol. The third-order valence-corrected chi connectivity index (χ3v) is 7.70. The molecule has 0 amide bonds. The number of halogens is 1. The molecule has 0 unspecified atom stereocenters. The van der Waals surface area contributed by atoms with Gasteiger partial charge in [-0.15, -0.1) is 0 Å². The second kappa shape index (κ2) is 11.5. The van der Waals surface area contributed by atoms with E-state index in [1.165, 1.54) is 0 Å². The molecule has 0 saturated heterocycles. The largest absolute Gasteiger partial charge is 0.493 e. The van der Waals surface area contributed by atoms with Gasteiger partial charge >= 0.3 is 5.97 Å². The lowest BCUT2D eigenvalue weighted by Gasteiger charge is -2.37. The molecule has 8 nitrogen and oxygen atoms in total. The number of esters is 1. The Hall–Kier alpha value is -3.46. The lowest BCUT2D eigenvalue weighted by molar-refractivity contribution is -0.138. The van der Waals surface area contributed by atoms with E-state index in [1.807, 2.05) is 31.2 Å². The van der Waals surface area contributed by atoms with E-state index in [1.54, 1.807) is 41.4 Å². The number of ether oxygens (including phenoxy) is 5. The Balaban J connectivity index is 1.84. The van der Waals surface area contributed by atoms with E-state index in [-0.39, 0.29) is 24.7 Å². The van der Waals surface area contributed by atoms with Crippen LogP contribution in [-0.4, -0.2) is 46.8 Å². The van der Waals surface area contributed by atoms with Gasteiger partial charge < -0.3 is 29.0 Å². The van der Waals surface area contributed by atoms with E-state index in [0.717, 1.165) is 16.8 Å². The van der Waals surface area contributed by atoms with E-state index in [0.29, 0.717) is 50.7 Å². The van der Waals surface area contributed by atoms with Crippen molar-refractivity contribution < 1.29 is 33.3 Å². The van der Waals surface area contributed by atoms with Gasteiger partial charge in [0.1, 0.15) is 0 Å². The van der Waals surface area contributed by atoms with Crippen molar-refractivity contribution in [3.63, 3.8) is 0 Å². The van der Waals surface area contributed by atoms with Crippen LogP contribution in [-0.2, 0) is 14.3 Å². The molecule has 202 valence electrons. The van der Waals surface area contributed by atoms with Gasteiger partial charge in [0.15, 0.2) is 28.8 Å². The molecule has 0 spiro atoms. The number of carbonyl (C=O) groups is 2. The molecule has 2 aromatic rings. The summed E-state index contributed by atoms with van der Waals surface area (Å²) < 4.78 is 28.0. The second-order valence-corrected chi connectivity index (χ2v) is 9.94. The predicted molar refractivity (Wildman–Crippen MR) is 146 cm³/mol. The van der Waals surface area contributed by atoms with E-state index in [4.69, 9.17) is 23.7 Å². The monoisotopic (exact) mass is 585 g/mol. The number of rotatable bonds is 8. The molecule has 1 aliphatic carbocycles. The SMILES string of the molecule is CCOC(=O)C1=C(C)NC2=C(C(=O)C[C@@H](c3ccc(OC)c(OC)c3)C2)[C@H]1c1cc(OC)c(OC)cc1Br. The number of dihydropyridines is 1. The zero-order chi connectivity index (χ0) is 27.6. The first-order valence-electron chi connectivity index (χ1n) is 12.3. The Morgan fingerprint density at radius 3 is 2.21 bits per heavy atom. The van der Waals surface area contributed by atoms with E-state index < -0.39 is 11.9 Å². The standard InChI is InChI=1S/C29H32BrNO7/c1-7-38-29(33)26-15(2)31-20-10-17(16-8-9-22(34-3)23(12-16)35-4)11-21(32)28(20)27(26)18-13-24(36-5)25(37-6)14-19(18)30/h8-9,12-14,17,27,31H,7,10-11H2,1-6H3/t17-,27-/m0/s1. The number of benzene rings is 2. The fraction of sp³-hybridized carbons (Fsp3) is 0.379. The highest BCUT2D eigenvalue weighted by Gasteiger charge is 2.42. The van der Waals surface area contributed by atoms with E-state index in [2.05, 4.69) is 21.2 Å². The molecule has 38 heavy (non-hydrogen) atoms. The van der Waals surface area contributed by atoms with Crippen LogP contribution in [0.25, 0.3) is 0 Å². The molecule has 2 aliphatic rings. The van der Waals surface area contributed by atoms with Gasteiger partial charge in [-0.3, -0.25) is 4.79 Å². The maximum Gasteiger partial charge on any atom is 0.336 e. The molecule has 1 heterocycles. The molecule has 0 aromatic heterocycles. The number of methoxy groups -OCH3 is 4.